The van der Waals surface area contributed by atoms with E-state index >= 15 is 0 Å². The zero-order valence-corrected chi connectivity index (χ0v) is 11.0. The molecule has 0 bridgehead atoms. The molecule has 13 heavy (non-hydrogen) atoms. The fraction of sp³-hybridized carbons (Fsp3) is 1.00. The molecule has 0 aromatic carbocycles. The second-order valence-electron chi connectivity index (χ2n) is 4.58. The zero-order chi connectivity index (χ0) is 9.15. The third kappa shape index (κ3) is 2.65. The van der Waals surface area contributed by atoms with Gasteiger partial charge in [-0.05, 0) is 24.9 Å². The predicted molar refractivity (Wildman–Crippen MR) is 58.3 cm³/mol. The molecular weight excluding hydrogens is 196 g/mol. The van der Waals surface area contributed by atoms with E-state index in [9.17, 15) is 0 Å². The Morgan fingerprint density at radius 2 is 1.92 bits per heavy atom. The SMILES string of the molecule is C[Si]1(CCC2CCCCC2)O[SiH2]O1. The van der Waals surface area contributed by atoms with Crippen molar-refractivity contribution in [2.75, 3.05) is 0 Å². The minimum atomic E-state index is -1.52. The van der Waals surface area contributed by atoms with Gasteiger partial charge in [0, 0.05) is 0 Å². The molecule has 2 fully saturated rings. The van der Waals surface area contributed by atoms with Gasteiger partial charge < -0.3 is 8.23 Å². The van der Waals surface area contributed by atoms with Crippen LogP contribution in [0.1, 0.15) is 38.5 Å². The molecule has 2 nitrogen and oxygen atoms in total. The van der Waals surface area contributed by atoms with Gasteiger partial charge >= 0.3 is 8.56 Å². The van der Waals surface area contributed by atoms with E-state index in [1.165, 1.54) is 44.6 Å². The highest BCUT2D eigenvalue weighted by Gasteiger charge is 2.38. The first-order valence-corrected chi connectivity index (χ1v) is 9.24. The molecule has 0 amide bonds. The van der Waals surface area contributed by atoms with E-state index in [0.29, 0.717) is 0 Å². The summed E-state index contributed by atoms with van der Waals surface area (Å²) in [6.07, 6.45) is 8.67. The first kappa shape index (κ1) is 9.89. The normalized spacial score (nSPS) is 37.6. The Labute approximate surface area is 84.3 Å². The Morgan fingerprint density at radius 1 is 1.23 bits per heavy atom. The lowest BCUT2D eigenvalue weighted by atomic mass is 9.88. The van der Waals surface area contributed by atoms with Gasteiger partial charge in [-0.25, -0.2) is 0 Å². The van der Waals surface area contributed by atoms with Gasteiger partial charge in [0.1, 0.15) is 0 Å². The average molecular weight is 216 g/mol. The molecule has 0 N–H and O–H groups in total. The maximum Gasteiger partial charge on any atom is 0.316 e. The van der Waals surface area contributed by atoms with Gasteiger partial charge in [0.15, 0.2) is 0 Å². The lowest BCUT2D eigenvalue weighted by Crippen LogP contribution is -2.52. The van der Waals surface area contributed by atoms with Crippen LogP contribution >= 0.6 is 0 Å². The average Bonchev–Trinajstić information content (AvgIpc) is 2.13. The third-order valence-electron chi connectivity index (χ3n) is 3.46. The van der Waals surface area contributed by atoms with Crippen molar-refractivity contribution in [2.45, 2.75) is 51.1 Å². The van der Waals surface area contributed by atoms with Gasteiger partial charge in [-0.2, -0.15) is 0 Å². The predicted octanol–water partition coefficient (Wildman–Crippen LogP) is 2.07. The van der Waals surface area contributed by atoms with Crippen LogP contribution in [-0.2, 0) is 8.23 Å². The molecule has 4 heteroatoms. The standard InChI is InChI=1S/C9H20O2Si2/c1-13(10-12-11-13)8-7-9-5-3-2-4-6-9/h9H,2-8,12H2,1H3. The minimum Gasteiger partial charge on any atom is -0.420 e. The first-order chi connectivity index (χ1) is 6.29. The van der Waals surface area contributed by atoms with Crippen LogP contribution in [0, 0.1) is 5.92 Å². The summed E-state index contributed by atoms with van der Waals surface area (Å²) in [6, 6.07) is 1.25. The molecule has 0 spiro atoms. The molecule has 0 unspecified atom stereocenters. The summed E-state index contributed by atoms with van der Waals surface area (Å²) in [4.78, 5) is 0. The molecule has 1 saturated carbocycles. The highest BCUT2D eigenvalue weighted by molar-refractivity contribution is 6.79. The number of hydrogen-bond acceptors (Lipinski definition) is 2. The van der Waals surface area contributed by atoms with Crippen molar-refractivity contribution in [3.63, 3.8) is 0 Å². The molecular formula is C9H20O2Si2. The Morgan fingerprint density at radius 3 is 2.46 bits per heavy atom. The molecule has 2 aliphatic rings. The molecule has 0 aromatic heterocycles. The molecule has 1 saturated heterocycles. The van der Waals surface area contributed by atoms with Crippen LogP contribution in [0.15, 0.2) is 0 Å². The lowest BCUT2D eigenvalue weighted by molar-refractivity contribution is 0.267. The van der Waals surface area contributed by atoms with Gasteiger partial charge in [0.05, 0.1) is 0 Å². The Balaban J connectivity index is 1.66. The lowest BCUT2D eigenvalue weighted by Gasteiger charge is -2.37. The topological polar surface area (TPSA) is 18.5 Å². The monoisotopic (exact) mass is 216 g/mol. The van der Waals surface area contributed by atoms with Crippen molar-refractivity contribution in [2.24, 2.45) is 5.92 Å². The maximum atomic E-state index is 5.66. The number of hydrogen-bond donors (Lipinski definition) is 0. The zero-order valence-electron chi connectivity index (χ0n) is 8.55. The first-order valence-electron chi connectivity index (χ1n) is 5.56. The van der Waals surface area contributed by atoms with Gasteiger partial charge in [-0.15, -0.1) is 0 Å². The van der Waals surface area contributed by atoms with E-state index in [-0.39, 0.29) is 0 Å². The van der Waals surface area contributed by atoms with Crippen molar-refractivity contribution >= 4 is 18.6 Å². The summed E-state index contributed by atoms with van der Waals surface area (Å²) >= 11 is 0. The van der Waals surface area contributed by atoms with Crippen LogP contribution < -0.4 is 0 Å². The molecule has 0 aromatic rings. The summed E-state index contributed by atoms with van der Waals surface area (Å²) in [5.74, 6) is 0.993. The number of rotatable bonds is 3. The van der Waals surface area contributed by atoms with E-state index in [2.05, 4.69) is 6.55 Å². The minimum absolute atomic E-state index is 0.486. The van der Waals surface area contributed by atoms with E-state index in [1.807, 2.05) is 0 Å². The summed E-state index contributed by atoms with van der Waals surface area (Å²) in [5, 5.41) is 0. The summed E-state index contributed by atoms with van der Waals surface area (Å²) < 4.78 is 11.3. The quantitative estimate of drug-likeness (QED) is 0.673. The Kier molecular flexibility index (Phi) is 3.24. The van der Waals surface area contributed by atoms with E-state index in [4.69, 9.17) is 8.23 Å². The van der Waals surface area contributed by atoms with E-state index in [1.54, 1.807) is 0 Å². The fourth-order valence-electron chi connectivity index (χ4n) is 2.35. The molecule has 2 rings (SSSR count). The largest absolute Gasteiger partial charge is 0.420 e. The van der Waals surface area contributed by atoms with Crippen molar-refractivity contribution < 1.29 is 8.23 Å². The highest BCUT2D eigenvalue weighted by atomic mass is 28.5. The van der Waals surface area contributed by atoms with Gasteiger partial charge in [0.2, 0.25) is 0 Å². The summed E-state index contributed by atoms with van der Waals surface area (Å²) in [5.41, 5.74) is 0. The van der Waals surface area contributed by atoms with Crippen LogP contribution in [0.2, 0.25) is 12.6 Å². The third-order valence-corrected chi connectivity index (χ3v) is 10.5. The van der Waals surface area contributed by atoms with Crippen LogP contribution in [0.25, 0.3) is 0 Å². The maximum absolute atomic E-state index is 5.66. The van der Waals surface area contributed by atoms with Crippen molar-refractivity contribution in [1.82, 2.24) is 0 Å². The van der Waals surface area contributed by atoms with E-state index < -0.39 is 18.6 Å². The highest BCUT2D eigenvalue weighted by Crippen LogP contribution is 2.31. The van der Waals surface area contributed by atoms with Gasteiger partial charge in [-0.1, -0.05) is 32.1 Å². The van der Waals surface area contributed by atoms with Gasteiger partial charge in [-0.3, -0.25) is 0 Å². The van der Waals surface area contributed by atoms with Crippen LogP contribution in [0.5, 0.6) is 0 Å². The van der Waals surface area contributed by atoms with E-state index in [0.717, 1.165) is 5.92 Å². The van der Waals surface area contributed by atoms with Crippen LogP contribution in [0.4, 0.5) is 0 Å². The van der Waals surface area contributed by atoms with Crippen LogP contribution in [0.3, 0.4) is 0 Å². The Bertz CT molecular complexity index is 165. The molecule has 1 heterocycles. The van der Waals surface area contributed by atoms with Gasteiger partial charge in [0.25, 0.3) is 10.0 Å². The smallest absolute Gasteiger partial charge is 0.316 e. The molecule has 1 aliphatic heterocycles. The fourth-order valence-corrected chi connectivity index (χ4v) is 6.51. The molecule has 76 valence electrons. The second-order valence-corrected chi connectivity index (χ2v) is 9.90. The van der Waals surface area contributed by atoms with Crippen molar-refractivity contribution in [3.05, 3.63) is 0 Å². The van der Waals surface area contributed by atoms with Crippen molar-refractivity contribution in [1.29, 1.82) is 0 Å². The molecule has 0 radical (unpaired) electrons. The Hall–Kier alpha value is 0.354. The van der Waals surface area contributed by atoms with Crippen LogP contribution in [-0.4, -0.2) is 18.6 Å². The molecule has 1 aliphatic carbocycles. The summed E-state index contributed by atoms with van der Waals surface area (Å²) in [7, 11) is -2.01. The molecule has 0 atom stereocenters. The summed E-state index contributed by atoms with van der Waals surface area (Å²) in [6.45, 7) is 2.23. The van der Waals surface area contributed by atoms with Crippen molar-refractivity contribution in [3.8, 4) is 0 Å². The second kappa shape index (κ2) is 4.25.